The minimum absolute atomic E-state index is 0.257. The van der Waals surface area contributed by atoms with Crippen molar-refractivity contribution in [2.24, 2.45) is 11.8 Å². The van der Waals surface area contributed by atoms with Crippen LogP contribution in [0, 0.1) is 18.8 Å². The van der Waals surface area contributed by atoms with Crippen LogP contribution in [0.3, 0.4) is 0 Å². The highest BCUT2D eigenvalue weighted by Crippen LogP contribution is 2.32. The second-order valence-electron chi connectivity index (χ2n) is 6.66. The summed E-state index contributed by atoms with van der Waals surface area (Å²) in [4.78, 5) is 33.1. The van der Waals surface area contributed by atoms with Crippen LogP contribution in [0.25, 0.3) is 11.2 Å². The Morgan fingerprint density at radius 3 is 2.96 bits per heavy atom. The SMILES string of the molecule is Cc1nc2c(nnn2C[C@@H]2CCCN(C(=O)C3CC3)C2)c(=O)[nH]1. The average molecular weight is 316 g/mol. The molecule has 4 rings (SSSR count). The summed E-state index contributed by atoms with van der Waals surface area (Å²) in [6.07, 6.45) is 4.15. The predicted octanol–water partition coefficient (Wildman–Crippen LogP) is 0.472. The summed E-state index contributed by atoms with van der Waals surface area (Å²) in [7, 11) is 0. The van der Waals surface area contributed by atoms with Crippen molar-refractivity contribution in [3.63, 3.8) is 0 Å². The van der Waals surface area contributed by atoms with Crippen LogP contribution < -0.4 is 5.56 Å². The number of carbonyl (C=O) groups is 1. The fourth-order valence-corrected chi connectivity index (χ4v) is 3.35. The number of piperidine rings is 1. The molecule has 1 amide bonds. The Hall–Kier alpha value is -2.25. The van der Waals surface area contributed by atoms with Crippen molar-refractivity contribution in [2.45, 2.75) is 39.2 Å². The molecule has 1 aliphatic carbocycles. The van der Waals surface area contributed by atoms with Crippen LogP contribution in [0.15, 0.2) is 4.79 Å². The third-order valence-corrected chi connectivity index (χ3v) is 4.68. The molecule has 2 aromatic rings. The van der Waals surface area contributed by atoms with Crippen LogP contribution in [0.4, 0.5) is 0 Å². The molecule has 2 fully saturated rings. The van der Waals surface area contributed by atoms with Crippen molar-refractivity contribution < 1.29 is 4.79 Å². The van der Waals surface area contributed by atoms with Crippen molar-refractivity contribution in [3.8, 4) is 0 Å². The second-order valence-corrected chi connectivity index (χ2v) is 6.66. The molecule has 8 nitrogen and oxygen atoms in total. The van der Waals surface area contributed by atoms with Crippen LogP contribution in [-0.2, 0) is 11.3 Å². The standard InChI is InChI=1S/C15H20N6O2/c1-9-16-13-12(14(22)17-9)18-19-21(13)8-10-3-2-6-20(7-10)15(23)11-4-5-11/h10-11H,2-8H2,1H3,(H,16,17,22)/t10-/m1/s1. The fourth-order valence-electron chi connectivity index (χ4n) is 3.35. The van der Waals surface area contributed by atoms with Gasteiger partial charge in [-0.25, -0.2) is 9.67 Å². The largest absolute Gasteiger partial charge is 0.342 e. The lowest BCUT2D eigenvalue weighted by molar-refractivity contribution is -0.134. The summed E-state index contributed by atoms with van der Waals surface area (Å²) in [6.45, 7) is 4.01. The highest BCUT2D eigenvalue weighted by atomic mass is 16.2. The number of carbonyl (C=O) groups excluding carboxylic acids is 1. The summed E-state index contributed by atoms with van der Waals surface area (Å²) >= 11 is 0. The number of hydrogen-bond donors (Lipinski definition) is 1. The van der Waals surface area contributed by atoms with Gasteiger partial charge in [0.1, 0.15) is 5.82 Å². The van der Waals surface area contributed by atoms with Crippen LogP contribution in [0.5, 0.6) is 0 Å². The van der Waals surface area contributed by atoms with E-state index in [1.54, 1.807) is 11.6 Å². The molecule has 0 spiro atoms. The predicted molar refractivity (Wildman–Crippen MR) is 82.7 cm³/mol. The van der Waals surface area contributed by atoms with Gasteiger partial charge in [-0.2, -0.15) is 0 Å². The Labute approximate surface area is 132 Å². The van der Waals surface area contributed by atoms with E-state index in [-0.39, 0.29) is 17.0 Å². The van der Waals surface area contributed by atoms with Crippen molar-refractivity contribution in [2.75, 3.05) is 13.1 Å². The van der Waals surface area contributed by atoms with E-state index in [1.165, 1.54) is 0 Å². The van der Waals surface area contributed by atoms with E-state index in [1.807, 2.05) is 4.90 Å². The van der Waals surface area contributed by atoms with E-state index in [0.717, 1.165) is 38.8 Å². The molecule has 2 aromatic heterocycles. The zero-order valence-electron chi connectivity index (χ0n) is 13.2. The zero-order chi connectivity index (χ0) is 16.0. The van der Waals surface area contributed by atoms with E-state index >= 15 is 0 Å². The summed E-state index contributed by atoms with van der Waals surface area (Å²) in [5.74, 6) is 1.46. The topological polar surface area (TPSA) is 96.8 Å². The quantitative estimate of drug-likeness (QED) is 0.888. The van der Waals surface area contributed by atoms with Crippen molar-refractivity contribution in [3.05, 3.63) is 16.2 Å². The number of hydrogen-bond acceptors (Lipinski definition) is 5. The second kappa shape index (κ2) is 5.43. The lowest BCUT2D eigenvalue weighted by Gasteiger charge is -2.32. The molecule has 2 aliphatic rings. The van der Waals surface area contributed by atoms with Crippen molar-refractivity contribution >= 4 is 17.1 Å². The lowest BCUT2D eigenvalue weighted by Crippen LogP contribution is -2.42. The first kappa shape index (κ1) is 14.3. The molecule has 1 aliphatic heterocycles. The first-order chi connectivity index (χ1) is 11.1. The normalized spacial score (nSPS) is 21.8. The van der Waals surface area contributed by atoms with Gasteiger partial charge in [-0.05, 0) is 38.5 Å². The number of likely N-dealkylation sites (tertiary alicyclic amines) is 1. The molecule has 0 radical (unpaired) electrons. The van der Waals surface area contributed by atoms with Crippen LogP contribution >= 0.6 is 0 Å². The number of fused-ring (bicyclic) bond motifs is 1. The van der Waals surface area contributed by atoms with E-state index < -0.39 is 0 Å². The smallest absolute Gasteiger partial charge is 0.281 e. The van der Waals surface area contributed by atoms with E-state index in [2.05, 4.69) is 20.3 Å². The number of aryl methyl sites for hydroxylation is 1. The number of aromatic amines is 1. The van der Waals surface area contributed by atoms with Gasteiger partial charge in [-0.1, -0.05) is 5.21 Å². The summed E-state index contributed by atoms with van der Waals surface area (Å²) in [5.41, 5.74) is 0.544. The molecular weight excluding hydrogens is 296 g/mol. The number of aromatic nitrogens is 5. The zero-order valence-corrected chi connectivity index (χ0v) is 13.2. The molecule has 122 valence electrons. The van der Waals surface area contributed by atoms with E-state index in [4.69, 9.17) is 0 Å². The van der Waals surface area contributed by atoms with E-state index in [0.29, 0.717) is 29.8 Å². The van der Waals surface area contributed by atoms with Gasteiger partial charge in [0.05, 0.1) is 0 Å². The van der Waals surface area contributed by atoms with E-state index in [9.17, 15) is 9.59 Å². The third kappa shape index (κ3) is 2.73. The Bertz CT molecular complexity index is 806. The van der Waals surface area contributed by atoms with Gasteiger partial charge in [-0.3, -0.25) is 9.59 Å². The first-order valence-corrected chi connectivity index (χ1v) is 8.20. The minimum Gasteiger partial charge on any atom is -0.342 e. The molecule has 0 aromatic carbocycles. The molecule has 8 heteroatoms. The van der Waals surface area contributed by atoms with Gasteiger partial charge >= 0.3 is 0 Å². The van der Waals surface area contributed by atoms with Crippen molar-refractivity contribution in [1.29, 1.82) is 0 Å². The van der Waals surface area contributed by atoms with Gasteiger partial charge in [0.15, 0.2) is 11.2 Å². The summed E-state index contributed by atoms with van der Waals surface area (Å²) < 4.78 is 1.70. The molecule has 0 unspecified atom stereocenters. The Morgan fingerprint density at radius 1 is 1.35 bits per heavy atom. The highest BCUT2D eigenvalue weighted by Gasteiger charge is 2.35. The molecule has 23 heavy (non-hydrogen) atoms. The Balaban J connectivity index is 1.53. The Kier molecular flexibility index (Phi) is 3.39. The van der Waals surface area contributed by atoms with Gasteiger partial charge in [0.2, 0.25) is 5.91 Å². The van der Waals surface area contributed by atoms with Crippen LogP contribution in [-0.4, -0.2) is 48.9 Å². The maximum absolute atomic E-state index is 12.2. The summed E-state index contributed by atoms with van der Waals surface area (Å²) in [6, 6.07) is 0. The molecule has 0 bridgehead atoms. The highest BCUT2D eigenvalue weighted by molar-refractivity contribution is 5.81. The minimum atomic E-state index is -0.257. The number of nitrogens with zero attached hydrogens (tertiary/aromatic N) is 5. The molecule has 1 saturated carbocycles. The first-order valence-electron chi connectivity index (χ1n) is 8.20. The van der Waals surface area contributed by atoms with Crippen LogP contribution in [0.2, 0.25) is 0 Å². The molecule has 1 atom stereocenters. The van der Waals surface area contributed by atoms with Gasteiger partial charge in [-0.15, -0.1) is 5.10 Å². The van der Waals surface area contributed by atoms with Gasteiger partial charge < -0.3 is 9.88 Å². The monoisotopic (exact) mass is 316 g/mol. The van der Waals surface area contributed by atoms with Crippen molar-refractivity contribution in [1.82, 2.24) is 29.9 Å². The average Bonchev–Trinajstić information content (AvgIpc) is 3.30. The number of H-pyrrole nitrogens is 1. The molecule has 1 N–H and O–H groups in total. The third-order valence-electron chi connectivity index (χ3n) is 4.68. The Morgan fingerprint density at radius 2 is 2.17 bits per heavy atom. The van der Waals surface area contributed by atoms with Crippen LogP contribution in [0.1, 0.15) is 31.5 Å². The molecule has 1 saturated heterocycles. The molecule has 3 heterocycles. The number of amides is 1. The fraction of sp³-hybridized carbons (Fsp3) is 0.667. The summed E-state index contributed by atoms with van der Waals surface area (Å²) in [5, 5.41) is 8.03. The maximum Gasteiger partial charge on any atom is 0.281 e. The number of nitrogens with one attached hydrogen (secondary N) is 1. The van der Waals surface area contributed by atoms with Gasteiger partial charge in [0.25, 0.3) is 5.56 Å². The lowest BCUT2D eigenvalue weighted by atomic mass is 9.97. The van der Waals surface area contributed by atoms with Gasteiger partial charge in [0, 0.05) is 25.6 Å². The maximum atomic E-state index is 12.2. The molecular formula is C15H20N6O2. The number of rotatable bonds is 3.